The van der Waals surface area contributed by atoms with Crippen LogP contribution in [0.2, 0.25) is 0 Å². The largest absolute Gasteiger partial charge is 0.463 e. The summed E-state index contributed by atoms with van der Waals surface area (Å²) < 4.78 is 5.20. The zero-order chi connectivity index (χ0) is 14.4. The first-order chi connectivity index (χ1) is 9.76. The molecule has 1 fully saturated rings. The van der Waals surface area contributed by atoms with Gasteiger partial charge in [-0.1, -0.05) is 49.2 Å². The number of unbranched alkanes of at least 4 members (excludes halogenated alkanes) is 1. The Labute approximate surface area is 121 Å². The summed E-state index contributed by atoms with van der Waals surface area (Å²) in [5.74, 6) is 0.458. The minimum Gasteiger partial charge on any atom is -0.463 e. The molecule has 0 heterocycles. The average Bonchev–Trinajstić information content (AvgIpc) is 3.20. The summed E-state index contributed by atoms with van der Waals surface area (Å²) in [6, 6.07) is 10.5. The molecule has 2 heteroatoms. The van der Waals surface area contributed by atoms with Gasteiger partial charge in [0.25, 0.3) is 0 Å². The van der Waals surface area contributed by atoms with E-state index in [1.165, 1.54) is 11.1 Å². The summed E-state index contributed by atoms with van der Waals surface area (Å²) in [5, 5.41) is 0. The Hall–Kier alpha value is -1.57. The van der Waals surface area contributed by atoms with Gasteiger partial charge >= 0.3 is 5.97 Å². The lowest BCUT2D eigenvalue weighted by atomic mass is 10.0. The second-order valence-electron chi connectivity index (χ2n) is 5.42. The third-order valence-electron chi connectivity index (χ3n) is 3.81. The van der Waals surface area contributed by atoms with Crippen LogP contribution in [0.15, 0.2) is 41.5 Å². The molecule has 0 radical (unpaired) electrons. The Morgan fingerprint density at radius 2 is 2.00 bits per heavy atom. The topological polar surface area (TPSA) is 26.3 Å². The molecule has 0 bridgehead atoms. The van der Waals surface area contributed by atoms with Crippen molar-refractivity contribution in [3.8, 4) is 0 Å². The fourth-order valence-electron chi connectivity index (χ4n) is 2.64. The Morgan fingerprint density at radius 3 is 2.65 bits per heavy atom. The summed E-state index contributed by atoms with van der Waals surface area (Å²) in [6.45, 7) is 4.49. The van der Waals surface area contributed by atoms with E-state index in [2.05, 4.69) is 31.2 Å². The van der Waals surface area contributed by atoms with Crippen LogP contribution >= 0.6 is 0 Å². The molecule has 0 spiro atoms. The van der Waals surface area contributed by atoms with Crippen LogP contribution < -0.4 is 0 Å². The molecular formula is C18H24O2. The maximum atomic E-state index is 12.0. The number of ether oxygens (including phenoxy) is 1. The van der Waals surface area contributed by atoms with Crippen molar-refractivity contribution in [1.82, 2.24) is 0 Å². The maximum absolute atomic E-state index is 12.0. The zero-order valence-corrected chi connectivity index (χ0v) is 12.5. The van der Waals surface area contributed by atoms with Crippen LogP contribution in [0.4, 0.5) is 0 Å². The number of hydrogen-bond donors (Lipinski definition) is 0. The van der Waals surface area contributed by atoms with Crippen molar-refractivity contribution in [2.75, 3.05) is 6.61 Å². The van der Waals surface area contributed by atoms with Crippen LogP contribution in [0.25, 0.3) is 0 Å². The van der Waals surface area contributed by atoms with Gasteiger partial charge < -0.3 is 4.74 Å². The van der Waals surface area contributed by atoms with E-state index in [4.69, 9.17) is 4.74 Å². The average molecular weight is 272 g/mol. The number of carbonyl (C=O) groups is 1. The van der Waals surface area contributed by atoms with Gasteiger partial charge in [0.15, 0.2) is 0 Å². The fourth-order valence-corrected chi connectivity index (χ4v) is 2.64. The molecule has 1 aromatic carbocycles. The Bertz CT molecular complexity index is 473. The van der Waals surface area contributed by atoms with E-state index in [9.17, 15) is 4.79 Å². The van der Waals surface area contributed by atoms with Crippen LogP contribution in [0.1, 0.15) is 45.1 Å². The minimum absolute atomic E-state index is 0.0912. The van der Waals surface area contributed by atoms with Crippen molar-refractivity contribution in [3.05, 3.63) is 47.0 Å². The highest BCUT2D eigenvalue weighted by molar-refractivity contribution is 5.90. The van der Waals surface area contributed by atoms with Crippen molar-refractivity contribution < 1.29 is 9.53 Å². The van der Waals surface area contributed by atoms with Crippen LogP contribution in [0, 0.1) is 5.92 Å². The fraction of sp³-hybridized carbons (Fsp3) is 0.500. The first-order valence-electron chi connectivity index (χ1n) is 7.69. The molecule has 108 valence electrons. The Balaban J connectivity index is 2.03. The van der Waals surface area contributed by atoms with Crippen molar-refractivity contribution >= 4 is 5.97 Å². The summed E-state index contributed by atoms with van der Waals surface area (Å²) in [5.41, 5.74) is 3.64. The van der Waals surface area contributed by atoms with Crippen LogP contribution in [-0.2, 0) is 16.0 Å². The summed E-state index contributed by atoms with van der Waals surface area (Å²) in [7, 11) is 0. The number of esters is 1. The monoisotopic (exact) mass is 272 g/mol. The zero-order valence-electron chi connectivity index (χ0n) is 12.5. The number of carbonyl (C=O) groups excluding carboxylic acids is 1. The number of benzene rings is 1. The van der Waals surface area contributed by atoms with Gasteiger partial charge in [0, 0.05) is 5.57 Å². The Morgan fingerprint density at radius 1 is 1.25 bits per heavy atom. The summed E-state index contributed by atoms with van der Waals surface area (Å²) >= 11 is 0. The maximum Gasteiger partial charge on any atom is 0.333 e. The van der Waals surface area contributed by atoms with E-state index < -0.39 is 0 Å². The van der Waals surface area contributed by atoms with Crippen molar-refractivity contribution in [2.24, 2.45) is 5.92 Å². The number of hydrogen-bond acceptors (Lipinski definition) is 2. The van der Waals surface area contributed by atoms with Gasteiger partial charge in [0.2, 0.25) is 0 Å². The molecule has 1 aromatic rings. The third kappa shape index (κ3) is 3.96. The third-order valence-corrected chi connectivity index (χ3v) is 3.81. The molecule has 1 aliphatic rings. The second kappa shape index (κ2) is 7.28. The van der Waals surface area contributed by atoms with Gasteiger partial charge in [-0.15, -0.1) is 0 Å². The van der Waals surface area contributed by atoms with E-state index in [-0.39, 0.29) is 5.97 Å². The highest BCUT2D eigenvalue weighted by Crippen LogP contribution is 2.44. The van der Waals surface area contributed by atoms with E-state index in [1.807, 2.05) is 13.0 Å². The van der Waals surface area contributed by atoms with Gasteiger partial charge in [0.1, 0.15) is 0 Å². The van der Waals surface area contributed by atoms with Crippen LogP contribution in [-0.4, -0.2) is 12.6 Å². The van der Waals surface area contributed by atoms with Crippen LogP contribution in [0.5, 0.6) is 0 Å². The molecule has 0 N–H and O–H groups in total. The molecule has 2 nitrogen and oxygen atoms in total. The van der Waals surface area contributed by atoms with E-state index in [0.29, 0.717) is 12.5 Å². The van der Waals surface area contributed by atoms with E-state index >= 15 is 0 Å². The van der Waals surface area contributed by atoms with Crippen molar-refractivity contribution in [3.63, 3.8) is 0 Å². The lowest BCUT2D eigenvalue weighted by Gasteiger charge is -2.06. The van der Waals surface area contributed by atoms with Gasteiger partial charge in [-0.2, -0.15) is 0 Å². The predicted octanol–water partition coefficient (Wildman–Crippen LogP) is 4.30. The standard InChI is InChI=1S/C18H24O2/c1-3-5-11-16(18(19)20-4-2)17-13-15(17)12-14-9-7-6-8-10-14/h6-10,15H,3-5,11-13H2,1-2H3/b17-16-. The molecule has 0 aromatic heterocycles. The lowest BCUT2D eigenvalue weighted by molar-refractivity contribution is -0.138. The molecular weight excluding hydrogens is 248 g/mol. The molecule has 0 amide bonds. The summed E-state index contributed by atoms with van der Waals surface area (Å²) in [6.07, 6.45) is 5.16. The SMILES string of the molecule is CCCC/C(C(=O)OCC)=C1\CC1Cc1ccccc1. The molecule has 1 saturated carbocycles. The second-order valence-corrected chi connectivity index (χ2v) is 5.42. The molecule has 2 rings (SSSR count). The highest BCUT2D eigenvalue weighted by Gasteiger charge is 2.35. The highest BCUT2D eigenvalue weighted by atomic mass is 16.5. The van der Waals surface area contributed by atoms with E-state index in [1.54, 1.807) is 0 Å². The first-order valence-corrected chi connectivity index (χ1v) is 7.69. The molecule has 1 unspecified atom stereocenters. The minimum atomic E-state index is -0.0912. The summed E-state index contributed by atoms with van der Waals surface area (Å²) in [4.78, 5) is 12.0. The molecule has 1 aliphatic carbocycles. The Kier molecular flexibility index (Phi) is 5.40. The first kappa shape index (κ1) is 14.8. The number of allylic oxidation sites excluding steroid dienone is 1. The smallest absolute Gasteiger partial charge is 0.333 e. The quantitative estimate of drug-likeness (QED) is 0.546. The van der Waals surface area contributed by atoms with Crippen molar-refractivity contribution in [2.45, 2.75) is 46.0 Å². The molecule has 1 atom stereocenters. The van der Waals surface area contributed by atoms with E-state index in [0.717, 1.165) is 37.7 Å². The van der Waals surface area contributed by atoms with Crippen molar-refractivity contribution in [1.29, 1.82) is 0 Å². The predicted molar refractivity (Wildman–Crippen MR) is 81.4 cm³/mol. The number of rotatable bonds is 7. The van der Waals surface area contributed by atoms with Gasteiger partial charge in [0.05, 0.1) is 6.61 Å². The van der Waals surface area contributed by atoms with Gasteiger partial charge in [-0.05, 0) is 44.1 Å². The van der Waals surface area contributed by atoms with Gasteiger partial charge in [-0.25, -0.2) is 4.79 Å². The van der Waals surface area contributed by atoms with Crippen LogP contribution in [0.3, 0.4) is 0 Å². The molecule has 0 saturated heterocycles. The molecule has 0 aliphatic heterocycles. The normalized spacial score (nSPS) is 19.6. The molecule has 20 heavy (non-hydrogen) atoms. The van der Waals surface area contributed by atoms with Gasteiger partial charge in [-0.3, -0.25) is 0 Å². The lowest BCUT2D eigenvalue weighted by Crippen LogP contribution is -2.08.